The molecule has 0 unspecified atom stereocenters. The van der Waals surface area contributed by atoms with Gasteiger partial charge >= 0.3 is 0 Å². The molecule has 0 saturated carbocycles. The van der Waals surface area contributed by atoms with Crippen LogP contribution in [0.4, 0.5) is 0 Å². The third kappa shape index (κ3) is 63.8. The van der Waals surface area contributed by atoms with Crippen molar-refractivity contribution in [3.63, 3.8) is 0 Å². The van der Waals surface area contributed by atoms with Gasteiger partial charge in [0.1, 0.15) is 0 Å². The standard InChI is InChI=1S/3C2H5NOS.Au/c3*3-1-2(4)5;/h3*1,3H2,(H,4,5);. The SMILES string of the molecule is NCC(O)=S.NCC(O)=S.NCC(O)=S.[Au]. The van der Waals surface area contributed by atoms with Crippen LogP contribution in [0.25, 0.3) is 0 Å². The van der Waals surface area contributed by atoms with Gasteiger partial charge in [-0.15, -0.1) is 0 Å². The summed E-state index contributed by atoms with van der Waals surface area (Å²) in [5, 5.41) is 23.5. The van der Waals surface area contributed by atoms with Crippen LogP contribution in [-0.4, -0.2) is 50.1 Å². The van der Waals surface area contributed by atoms with E-state index in [1.54, 1.807) is 0 Å². The van der Waals surface area contributed by atoms with E-state index in [2.05, 4.69) is 36.7 Å². The van der Waals surface area contributed by atoms with Gasteiger partial charge in [-0.05, 0) is 36.7 Å². The van der Waals surface area contributed by atoms with Gasteiger partial charge in [0.15, 0.2) is 15.2 Å². The maximum absolute atomic E-state index is 7.97. The Morgan fingerprint density at radius 2 is 0.750 bits per heavy atom. The van der Waals surface area contributed by atoms with Crippen LogP contribution in [-0.2, 0) is 22.4 Å². The van der Waals surface area contributed by atoms with Gasteiger partial charge in [-0.3, -0.25) is 0 Å². The molecule has 0 aromatic rings. The van der Waals surface area contributed by atoms with Crippen LogP contribution in [0.3, 0.4) is 0 Å². The van der Waals surface area contributed by atoms with Crippen LogP contribution >= 0.6 is 36.7 Å². The number of hydrogen-bond donors (Lipinski definition) is 6. The molecule has 0 aromatic heterocycles. The van der Waals surface area contributed by atoms with E-state index in [1.165, 1.54) is 0 Å². The molecular formula is C6H15AuN3O3S3. The Hall–Kier alpha value is 0.290. The predicted octanol–water partition coefficient (Wildman–Crippen LogP) is -0.511. The average Bonchev–Trinajstić information content (AvgIpc) is 2.19. The fourth-order valence-corrected chi connectivity index (χ4v) is 0. The molecular weight excluding hydrogens is 455 g/mol. The monoisotopic (exact) mass is 470 g/mol. The molecule has 0 aliphatic heterocycles. The molecule has 6 nitrogen and oxygen atoms in total. The number of hydrogen-bond acceptors (Lipinski definition) is 6. The smallest absolute Gasteiger partial charge is 0.170 e. The van der Waals surface area contributed by atoms with Crippen LogP contribution < -0.4 is 17.2 Å². The van der Waals surface area contributed by atoms with Gasteiger partial charge in [-0.1, -0.05) is 0 Å². The van der Waals surface area contributed by atoms with Crippen molar-refractivity contribution in [2.75, 3.05) is 19.6 Å². The molecule has 101 valence electrons. The molecule has 0 amide bonds. The van der Waals surface area contributed by atoms with E-state index in [4.69, 9.17) is 32.5 Å². The van der Waals surface area contributed by atoms with Crippen molar-refractivity contribution < 1.29 is 37.7 Å². The van der Waals surface area contributed by atoms with E-state index in [0.717, 1.165) is 0 Å². The first-order chi connectivity index (χ1) is 6.81. The van der Waals surface area contributed by atoms with Gasteiger partial charge in [-0.25, -0.2) is 0 Å². The van der Waals surface area contributed by atoms with E-state index < -0.39 is 0 Å². The fraction of sp³-hybridized carbons (Fsp3) is 0.500. The quantitative estimate of drug-likeness (QED) is 0.238. The van der Waals surface area contributed by atoms with Gasteiger partial charge in [-0.2, -0.15) is 0 Å². The zero-order chi connectivity index (χ0) is 12.9. The Morgan fingerprint density at radius 3 is 0.750 bits per heavy atom. The second-order valence-corrected chi connectivity index (χ2v) is 3.21. The third-order valence-corrected chi connectivity index (χ3v) is 1.02. The van der Waals surface area contributed by atoms with Crippen molar-refractivity contribution in [2.24, 2.45) is 17.2 Å². The summed E-state index contributed by atoms with van der Waals surface area (Å²) >= 11 is 12.4. The summed E-state index contributed by atoms with van der Waals surface area (Å²) in [5.41, 5.74) is 14.3. The Balaban J connectivity index is -0.0000000655. The molecule has 0 heterocycles. The van der Waals surface area contributed by atoms with Gasteiger partial charge in [0, 0.05) is 22.4 Å². The molecule has 0 atom stereocenters. The average molecular weight is 470 g/mol. The zero-order valence-electron chi connectivity index (χ0n) is 8.22. The minimum Gasteiger partial charge on any atom is -0.501 e. The summed E-state index contributed by atoms with van der Waals surface area (Å²) in [4.78, 5) is 0. The molecule has 10 heteroatoms. The normalized spacial score (nSPS) is 6.94. The minimum atomic E-state index is -0.134. The van der Waals surface area contributed by atoms with Crippen LogP contribution in [0.15, 0.2) is 0 Å². The van der Waals surface area contributed by atoms with E-state index in [9.17, 15) is 0 Å². The number of aliphatic hydroxyl groups excluding tert-OH is 3. The first-order valence-corrected chi connectivity index (χ1v) is 4.79. The van der Waals surface area contributed by atoms with Gasteiger partial charge in [0.25, 0.3) is 0 Å². The van der Waals surface area contributed by atoms with Crippen molar-refractivity contribution in [1.82, 2.24) is 0 Å². The Morgan fingerprint density at radius 1 is 0.688 bits per heavy atom. The molecule has 0 aliphatic rings. The second kappa shape index (κ2) is 20.7. The first-order valence-electron chi connectivity index (χ1n) is 3.57. The van der Waals surface area contributed by atoms with Gasteiger partial charge in [0.2, 0.25) is 0 Å². The Kier molecular flexibility index (Phi) is 32.6. The molecule has 9 N–H and O–H groups in total. The van der Waals surface area contributed by atoms with Crippen LogP contribution in [0.2, 0.25) is 0 Å². The second-order valence-electron chi connectivity index (χ2n) is 1.79. The Labute approximate surface area is 126 Å². The molecule has 0 fully saturated rings. The molecule has 0 rings (SSSR count). The van der Waals surface area contributed by atoms with Crippen molar-refractivity contribution in [2.45, 2.75) is 0 Å². The van der Waals surface area contributed by atoms with Crippen molar-refractivity contribution in [3.05, 3.63) is 0 Å². The molecule has 1 radical (unpaired) electrons. The van der Waals surface area contributed by atoms with Crippen LogP contribution in [0, 0.1) is 0 Å². The zero-order valence-corrected chi connectivity index (χ0v) is 12.8. The maximum Gasteiger partial charge on any atom is 0.170 e. The summed E-state index contributed by atoms with van der Waals surface area (Å²) in [6.45, 7) is 0.278. The third-order valence-electron chi connectivity index (χ3n) is 0.524. The maximum atomic E-state index is 7.97. The van der Waals surface area contributed by atoms with E-state index in [1.807, 2.05) is 0 Å². The molecule has 0 aromatic carbocycles. The van der Waals surface area contributed by atoms with E-state index >= 15 is 0 Å². The first kappa shape index (κ1) is 25.2. The number of nitrogens with two attached hydrogens (primary N) is 3. The predicted molar refractivity (Wildman–Crippen MR) is 72.8 cm³/mol. The summed E-state index contributed by atoms with van der Waals surface area (Å²) in [7, 11) is 0. The molecule has 16 heavy (non-hydrogen) atoms. The van der Waals surface area contributed by atoms with E-state index in [-0.39, 0.29) is 57.2 Å². The summed E-state index contributed by atoms with van der Waals surface area (Å²) < 4.78 is 0. The summed E-state index contributed by atoms with van der Waals surface area (Å²) in [6, 6.07) is 0. The largest absolute Gasteiger partial charge is 0.501 e. The molecule has 0 aliphatic carbocycles. The number of rotatable bonds is 3. The summed E-state index contributed by atoms with van der Waals surface area (Å²) in [5.74, 6) is 0. The van der Waals surface area contributed by atoms with Crippen molar-refractivity contribution >= 4 is 51.8 Å². The Bertz CT molecular complexity index is 173. The van der Waals surface area contributed by atoms with Crippen molar-refractivity contribution in [1.29, 1.82) is 0 Å². The van der Waals surface area contributed by atoms with Gasteiger partial charge in [0.05, 0.1) is 19.6 Å². The van der Waals surface area contributed by atoms with Crippen molar-refractivity contribution in [3.8, 4) is 0 Å². The van der Waals surface area contributed by atoms with Crippen LogP contribution in [0.1, 0.15) is 0 Å². The minimum absolute atomic E-state index is 0. The molecule has 0 saturated heterocycles. The topological polar surface area (TPSA) is 139 Å². The fourth-order valence-electron chi connectivity index (χ4n) is 0. The number of aliphatic hydroxyl groups is 3. The summed E-state index contributed by atoms with van der Waals surface area (Å²) in [6.07, 6.45) is 0. The van der Waals surface area contributed by atoms with Gasteiger partial charge < -0.3 is 32.5 Å². The number of thiocarbonyl (C=S) groups is 3. The van der Waals surface area contributed by atoms with E-state index in [0.29, 0.717) is 0 Å². The van der Waals surface area contributed by atoms with Crippen LogP contribution in [0.5, 0.6) is 0 Å². The molecule has 0 bridgehead atoms. The molecule has 0 spiro atoms.